The molecule has 0 spiro atoms. The normalized spacial score (nSPS) is 14.4. The van der Waals surface area contributed by atoms with E-state index in [9.17, 15) is 4.79 Å². The third-order valence-electron chi connectivity index (χ3n) is 4.46. The van der Waals surface area contributed by atoms with Crippen molar-refractivity contribution in [1.29, 1.82) is 0 Å². The number of hydrazine groups is 1. The lowest BCUT2D eigenvalue weighted by atomic mass is 9.89. The van der Waals surface area contributed by atoms with Crippen molar-refractivity contribution in [1.82, 2.24) is 15.4 Å². The molecular weight excluding hydrogens is 362 g/mol. The van der Waals surface area contributed by atoms with Crippen LogP contribution < -0.4 is 10.2 Å². The highest BCUT2D eigenvalue weighted by Gasteiger charge is 2.20. The first kappa shape index (κ1) is 23.2. The largest absolute Gasteiger partial charge is 0.487 e. The summed E-state index contributed by atoms with van der Waals surface area (Å²) in [6.07, 6.45) is 10.2. The Kier molecular flexibility index (Phi) is 10.8. The number of nitrogens with one attached hydrogen (secondary N) is 1. The first-order valence-corrected chi connectivity index (χ1v) is 10.1. The molecule has 0 atom stereocenters. The molecule has 0 fully saturated rings. The topological polar surface area (TPSA) is 54.5 Å². The van der Waals surface area contributed by atoms with E-state index in [0.29, 0.717) is 29.2 Å². The van der Waals surface area contributed by atoms with Crippen LogP contribution in [0.15, 0.2) is 35.3 Å². The van der Waals surface area contributed by atoms with Gasteiger partial charge in [-0.05, 0) is 50.7 Å². The molecule has 150 valence electrons. The highest BCUT2D eigenvalue weighted by atomic mass is 35.5. The van der Waals surface area contributed by atoms with Gasteiger partial charge in [0.1, 0.15) is 12.4 Å². The van der Waals surface area contributed by atoms with Crippen LogP contribution in [0.1, 0.15) is 63.7 Å². The number of rotatable bonds is 8. The molecule has 2 rings (SSSR count). The number of pyridine rings is 1. The molecule has 1 aromatic rings. The number of ether oxygens (including phenoxy) is 1. The molecular formula is C21H32ClN3O2. The fourth-order valence-corrected chi connectivity index (χ4v) is 3.39. The van der Waals surface area contributed by atoms with Crippen LogP contribution in [0.3, 0.4) is 0 Å². The zero-order valence-electron chi connectivity index (χ0n) is 17.1. The van der Waals surface area contributed by atoms with E-state index >= 15 is 0 Å². The molecule has 0 saturated heterocycles. The highest BCUT2D eigenvalue weighted by Crippen LogP contribution is 2.32. The van der Waals surface area contributed by atoms with Gasteiger partial charge in [-0.1, -0.05) is 31.5 Å². The van der Waals surface area contributed by atoms with Crippen LogP contribution in [0, 0.1) is 0 Å². The van der Waals surface area contributed by atoms with Gasteiger partial charge in [-0.2, -0.15) is 0 Å². The Morgan fingerprint density at radius 2 is 2.04 bits per heavy atom. The minimum Gasteiger partial charge on any atom is -0.487 e. The number of hydrogen-bond acceptors (Lipinski definition) is 5. The standard InChI is InChI=1S/C19H26ClN3O2.C2H6/c1-4-18(23(5-2)21-3)15-9-7-6-8-14(15)13-25-19-11-22-10-17(20)16(19)12-24;1-2/h4,10-12,21H,5-9,13H2,1-3H3;1-2H3/b18-4-;. The second kappa shape index (κ2) is 12.5. The maximum atomic E-state index is 11.3. The van der Waals surface area contributed by atoms with Crippen LogP contribution in [0.2, 0.25) is 5.02 Å². The summed E-state index contributed by atoms with van der Waals surface area (Å²) >= 11 is 6.02. The number of aldehydes is 1. The highest BCUT2D eigenvalue weighted by molar-refractivity contribution is 6.33. The fraction of sp³-hybridized carbons (Fsp3) is 0.524. The molecule has 1 heterocycles. The summed E-state index contributed by atoms with van der Waals surface area (Å²) in [5.74, 6) is 0.433. The second-order valence-electron chi connectivity index (χ2n) is 5.87. The Morgan fingerprint density at radius 1 is 1.33 bits per heavy atom. The van der Waals surface area contributed by atoms with Gasteiger partial charge in [-0.3, -0.25) is 9.78 Å². The Labute approximate surface area is 168 Å². The van der Waals surface area contributed by atoms with E-state index in [1.165, 1.54) is 29.5 Å². The summed E-state index contributed by atoms with van der Waals surface area (Å²) in [5, 5.41) is 2.45. The van der Waals surface area contributed by atoms with E-state index < -0.39 is 0 Å². The van der Waals surface area contributed by atoms with Crippen molar-refractivity contribution >= 4 is 17.9 Å². The minimum atomic E-state index is 0.312. The van der Waals surface area contributed by atoms with Crippen LogP contribution >= 0.6 is 11.6 Å². The predicted octanol–water partition coefficient (Wildman–Crippen LogP) is 5.18. The van der Waals surface area contributed by atoms with Crippen LogP contribution in [0.5, 0.6) is 5.75 Å². The van der Waals surface area contributed by atoms with Crippen molar-refractivity contribution in [2.24, 2.45) is 0 Å². The lowest BCUT2D eigenvalue weighted by Gasteiger charge is -2.30. The third-order valence-corrected chi connectivity index (χ3v) is 4.77. The van der Waals surface area contributed by atoms with Gasteiger partial charge in [-0.25, -0.2) is 5.43 Å². The molecule has 0 radical (unpaired) electrons. The van der Waals surface area contributed by atoms with Crippen molar-refractivity contribution in [3.8, 4) is 5.75 Å². The van der Waals surface area contributed by atoms with E-state index in [1.54, 1.807) is 6.20 Å². The van der Waals surface area contributed by atoms with Gasteiger partial charge < -0.3 is 9.75 Å². The van der Waals surface area contributed by atoms with Crippen molar-refractivity contribution in [3.63, 3.8) is 0 Å². The molecule has 1 N–H and O–H groups in total. The van der Waals surface area contributed by atoms with E-state index in [1.807, 2.05) is 20.9 Å². The zero-order chi connectivity index (χ0) is 20.2. The molecule has 5 nitrogen and oxygen atoms in total. The molecule has 0 aliphatic heterocycles. The van der Waals surface area contributed by atoms with E-state index in [-0.39, 0.29) is 0 Å². The number of halogens is 1. The molecule has 0 aromatic carbocycles. The predicted molar refractivity (Wildman–Crippen MR) is 112 cm³/mol. The zero-order valence-corrected chi connectivity index (χ0v) is 17.9. The van der Waals surface area contributed by atoms with E-state index in [4.69, 9.17) is 16.3 Å². The second-order valence-corrected chi connectivity index (χ2v) is 6.28. The number of aromatic nitrogens is 1. The van der Waals surface area contributed by atoms with E-state index in [2.05, 4.69) is 35.3 Å². The quantitative estimate of drug-likeness (QED) is 0.487. The molecule has 1 aliphatic rings. The smallest absolute Gasteiger partial charge is 0.155 e. The lowest BCUT2D eigenvalue weighted by Crippen LogP contribution is -2.35. The van der Waals surface area contributed by atoms with Gasteiger partial charge in [0.05, 0.1) is 22.5 Å². The van der Waals surface area contributed by atoms with Gasteiger partial charge in [0.2, 0.25) is 0 Å². The van der Waals surface area contributed by atoms with Crippen molar-refractivity contribution < 1.29 is 9.53 Å². The fourth-order valence-electron chi connectivity index (χ4n) is 3.20. The van der Waals surface area contributed by atoms with Gasteiger partial charge in [0, 0.05) is 19.8 Å². The lowest BCUT2D eigenvalue weighted by molar-refractivity contribution is 0.112. The molecule has 27 heavy (non-hydrogen) atoms. The summed E-state index contributed by atoms with van der Waals surface area (Å²) in [4.78, 5) is 15.3. The molecule has 0 saturated carbocycles. The summed E-state index contributed by atoms with van der Waals surface area (Å²) in [6, 6.07) is 0. The average molecular weight is 394 g/mol. The minimum absolute atomic E-state index is 0.312. The molecule has 0 unspecified atom stereocenters. The number of likely N-dealkylation sites (N-methyl/N-ethyl adjacent to an activating group) is 1. The molecule has 1 aromatic heterocycles. The van der Waals surface area contributed by atoms with Crippen LogP contribution in [-0.4, -0.2) is 36.5 Å². The van der Waals surface area contributed by atoms with Crippen molar-refractivity contribution in [2.45, 2.75) is 53.4 Å². The Bertz CT molecular complexity index is 667. The Hall–Kier alpha value is -1.85. The van der Waals surface area contributed by atoms with Crippen LogP contribution in [-0.2, 0) is 0 Å². The maximum Gasteiger partial charge on any atom is 0.155 e. The summed E-state index contributed by atoms with van der Waals surface area (Å²) in [7, 11) is 1.93. The monoisotopic (exact) mass is 393 g/mol. The van der Waals surface area contributed by atoms with Gasteiger partial charge in [0.25, 0.3) is 0 Å². The number of carbonyl (C=O) groups excluding carboxylic acids is 1. The Balaban J connectivity index is 0.00000176. The van der Waals surface area contributed by atoms with Gasteiger partial charge in [0.15, 0.2) is 6.29 Å². The number of nitrogens with zero attached hydrogens (tertiary/aromatic N) is 2. The number of hydrogen-bond donors (Lipinski definition) is 1. The van der Waals surface area contributed by atoms with E-state index in [0.717, 1.165) is 25.8 Å². The van der Waals surface area contributed by atoms with Crippen molar-refractivity contribution in [2.75, 3.05) is 20.2 Å². The molecule has 0 bridgehead atoms. The van der Waals surface area contributed by atoms with Gasteiger partial charge in [-0.15, -0.1) is 0 Å². The molecule has 6 heteroatoms. The molecule has 0 amide bonds. The summed E-state index contributed by atoms with van der Waals surface area (Å²) < 4.78 is 5.92. The number of allylic oxidation sites excluding steroid dienone is 2. The average Bonchev–Trinajstić information content (AvgIpc) is 2.72. The first-order chi connectivity index (χ1) is 13.2. The first-order valence-electron chi connectivity index (χ1n) is 9.70. The third kappa shape index (κ3) is 6.08. The van der Waals surface area contributed by atoms with Crippen LogP contribution in [0.4, 0.5) is 0 Å². The summed E-state index contributed by atoms with van der Waals surface area (Å²) in [6.45, 7) is 9.49. The number of carbonyl (C=O) groups is 1. The van der Waals surface area contributed by atoms with Crippen LogP contribution in [0.25, 0.3) is 0 Å². The SMILES string of the molecule is C/C=C(/C1=C(COc2cncc(Cl)c2C=O)CCCC1)N(CC)NC.CC. The van der Waals surface area contributed by atoms with Crippen molar-refractivity contribution in [3.05, 3.63) is 45.9 Å². The molecule has 1 aliphatic carbocycles. The Morgan fingerprint density at radius 3 is 2.63 bits per heavy atom. The summed E-state index contributed by atoms with van der Waals surface area (Å²) in [5.41, 5.74) is 7.38. The maximum absolute atomic E-state index is 11.3. The van der Waals surface area contributed by atoms with Gasteiger partial charge >= 0.3 is 0 Å².